The van der Waals surface area contributed by atoms with Gasteiger partial charge >= 0.3 is 6.03 Å². The minimum Gasteiger partial charge on any atom is -0.364 e. The van der Waals surface area contributed by atoms with E-state index >= 15 is 0 Å². The molecule has 11 heteroatoms. The van der Waals surface area contributed by atoms with Gasteiger partial charge in [0.25, 0.3) is 5.91 Å². The van der Waals surface area contributed by atoms with Crippen molar-refractivity contribution >= 4 is 29.4 Å². The SMILES string of the molecule is NC(=O)c1nnc(N2CC3CC(N4CCN(C5CCCC5)C4=O)C2C3)nc1Nc1ccc(C2CCNCC2)cc1. The topological polar surface area (TPSA) is 133 Å². The van der Waals surface area contributed by atoms with Crippen LogP contribution < -0.4 is 21.3 Å². The minimum absolute atomic E-state index is 0.0222. The standard InChI is InChI=1S/C29H39N9O2/c30-26(39)25-27(32-21-7-5-19(6-8-21)20-9-11-31-12-10-20)33-28(35-34-25)38-17-18-15-23(24(38)16-18)37-14-13-36(29(37)40)22-3-1-2-4-22/h5-8,18,20,22-24,31H,1-4,9-17H2,(H2,30,39)(H,32,33,35). The van der Waals surface area contributed by atoms with Crippen LogP contribution in [0.4, 0.5) is 22.2 Å². The van der Waals surface area contributed by atoms with Crippen molar-refractivity contribution in [3.63, 3.8) is 0 Å². The lowest BCUT2D eigenvalue weighted by atomic mass is 9.90. The van der Waals surface area contributed by atoms with Gasteiger partial charge in [-0.15, -0.1) is 10.2 Å². The number of hydrogen-bond donors (Lipinski definition) is 3. The molecule has 212 valence electrons. The summed E-state index contributed by atoms with van der Waals surface area (Å²) in [4.78, 5) is 36.8. The van der Waals surface area contributed by atoms with Gasteiger partial charge in [0.15, 0.2) is 11.5 Å². The van der Waals surface area contributed by atoms with Gasteiger partial charge in [-0.05, 0) is 81.1 Å². The number of fused-ring (bicyclic) bond motifs is 2. The Balaban J connectivity index is 1.09. The third kappa shape index (κ3) is 4.63. The molecule has 3 unspecified atom stereocenters. The Morgan fingerprint density at radius 3 is 2.33 bits per heavy atom. The zero-order valence-electron chi connectivity index (χ0n) is 23.0. The molecule has 4 N–H and O–H groups in total. The molecule has 1 aromatic carbocycles. The van der Waals surface area contributed by atoms with Crippen molar-refractivity contribution in [3.05, 3.63) is 35.5 Å². The lowest BCUT2D eigenvalue weighted by Crippen LogP contribution is -2.52. The first-order valence-electron chi connectivity index (χ1n) is 15.0. The maximum Gasteiger partial charge on any atom is 0.320 e. The van der Waals surface area contributed by atoms with Gasteiger partial charge in [-0.1, -0.05) is 25.0 Å². The molecule has 40 heavy (non-hydrogen) atoms. The minimum atomic E-state index is -0.670. The molecule has 0 radical (unpaired) electrons. The van der Waals surface area contributed by atoms with Crippen molar-refractivity contribution in [1.29, 1.82) is 0 Å². The molecule has 3 amide bonds. The lowest BCUT2D eigenvalue weighted by Gasteiger charge is -2.38. The summed E-state index contributed by atoms with van der Waals surface area (Å²) in [5, 5.41) is 15.2. The van der Waals surface area contributed by atoms with Crippen molar-refractivity contribution < 1.29 is 9.59 Å². The third-order valence-corrected chi connectivity index (χ3v) is 9.84. The van der Waals surface area contributed by atoms with Crippen LogP contribution in [0, 0.1) is 5.92 Å². The molecule has 0 spiro atoms. The first-order valence-corrected chi connectivity index (χ1v) is 15.0. The number of aromatic nitrogens is 3. The first kappa shape index (κ1) is 25.5. The van der Waals surface area contributed by atoms with Crippen LogP contribution in [0.2, 0.25) is 0 Å². The monoisotopic (exact) mass is 545 g/mol. The van der Waals surface area contributed by atoms with Crippen molar-refractivity contribution in [1.82, 2.24) is 30.3 Å². The Morgan fingerprint density at radius 1 is 0.925 bits per heavy atom. The van der Waals surface area contributed by atoms with E-state index in [1.165, 1.54) is 18.4 Å². The summed E-state index contributed by atoms with van der Waals surface area (Å²) in [6.45, 7) is 4.54. The molecule has 4 heterocycles. The average molecular weight is 546 g/mol. The number of nitrogens with zero attached hydrogens (tertiary/aromatic N) is 6. The number of benzene rings is 1. The van der Waals surface area contributed by atoms with E-state index in [2.05, 4.69) is 47.7 Å². The number of anilines is 3. The largest absolute Gasteiger partial charge is 0.364 e. The molecule has 5 aliphatic rings. The summed E-state index contributed by atoms with van der Waals surface area (Å²) in [6.07, 6.45) is 9.01. The summed E-state index contributed by atoms with van der Waals surface area (Å²) in [6, 6.07) is 9.23. The molecule has 2 saturated carbocycles. The molecule has 1 aromatic heterocycles. The Hall–Kier alpha value is -3.47. The van der Waals surface area contributed by atoms with Gasteiger partial charge < -0.3 is 31.1 Å². The molecular formula is C29H39N9O2. The third-order valence-electron chi connectivity index (χ3n) is 9.84. The maximum absolute atomic E-state index is 13.4. The van der Waals surface area contributed by atoms with Gasteiger partial charge in [-0.25, -0.2) is 4.79 Å². The van der Waals surface area contributed by atoms with Gasteiger partial charge in [0.1, 0.15) is 0 Å². The van der Waals surface area contributed by atoms with Crippen LogP contribution >= 0.6 is 0 Å². The van der Waals surface area contributed by atoms with Crippen LogP contribution in [0.5, 0.6) is 0 Å². The summed E-state index contributed by atoms with van der Waals surface area (Å²) in [5.41, 5.74) is 7.82. The molecule has 2 aliphatic carbocycles. The second-order valence-electron chi connectivity index (χ2n) is 12.2. The van der Waals surface area contributed by atoms with Crippen LogP contribution in [0.3, 0.4) is 0 Å². The van der Waals surface area contributed by atoms with E-state index < -0.39 is 5.91 Å². The molecule has 3 saturated heterocycles. The quantitative estimate of drug-likeness (QED) is 0.484. The highest BCUT2D eigenvalue weighted by Crippen LogP contribution is 2.43. The number of urea groups is 1. The number of piperidine rings is 2. The van der Waals surface area contributed by atoms with E-state index in [0.717, 1.165) is 76.9 Å². The van der Waals surface area contributed by atoms with Crippen LogP contribution in [-0.4, -0.2) is 87.8 Å². The number of carbonyl (C=O) groups excluding carboxylic acids is 2. The number of amides is 3. The smallest absolute Gasteiger partial charge is 0.320 e. The Morgan fingerprint density at radius 2 is 1.62 bits per heavy atom. The number of rotatable bonds is 7. The number of nitrogens with one attached hydrogen (secondary N) is 2. The predicted octanol–water partition coefficient (Wildman–Crippen LogP) is 2.83. The van der Waals surface area contributed by atoms with Gasteiger partial charge in [0.2, 0.25) is 5.95 Å². The van der Waals surface area contributed by atoms with Gasteiger partial charge in [0, 0.05) is 31.4 Å². The normalized spacial score (nSPS) is 27.2. The van der Waals surface area contributed by atoms with E-state index in [1.54, 1.807) is 0 Å². The zero-order valence-corrected chi connectivity index (χ0v) is 23.0. The van der Waals surface area contributed by atoms with Gasteiger partial charge in [-0.2, -0.15) is 4.98 Å². The molecule has 5 fully saturated rings. The molecule has 7 rings (SSSR count). The second-order valence-corrected chi connectivity index (χ2v) is 12.2. The van der Waals surface area contributed by atoms with E-state index in [4.69, 9.17) is 10.7 Å². The number of carbonyl (C=O) groups is 2. The van der Waals surface area contributed by atoms with Crippen molar-refractivity contribution in [2.75, 3.05) is 42.9 Å². The van der Waals surface area contributed by atoms with Crippen LogP contribution in [0.15, 0.2) is 24.3 Å². The zero-order chi connectivity index (χ0) is 27.2. The van der Waals surface area contributed by atoms with Crippen LogP contribution in [0.25, 0.3) is 0 Å². The van der Waals surface area contributed by atoms with Crippen molar-refractivity contribution in [3.8, 4) is 0 Å². The van der Waals surface area contributed by atoms with E-state index in [9.17, 15) is 9.59 Å². The second kappa shape index (κ2) is 10.5. The number of hydrogen-bond acceptors (Lipinski definition) is 8. The summed E-state index contributed by atoms with van der Waals surface area (Å²) < 4.78 is 0. The van der Waals surface area contributed by atoms with Crippen molar-refractivity contribution in [2.24, 2.45) is 11.7 Å². The Labute approximate surface area is 234 Å². The fraction of sp³-hybridized carbons (Fsp3) is 0.621. The highest BCUT2D eigenvalue weighted by Gasteiger charge is 2.51. The molecule has 2 aromatic rings. The number of nitrogens with two attached hydrogens (primary N) is 1. The van der Waals surface area contributed by atoms with Gasteiger partial charge in [0.05, 0.1) is 12.1 Å². The summed E-state index contributed by atoms with van der Waals surface area (Å²) in [5.74, 6) is 1.18. The van der Waals surface area contributed by atoms with Crippen LogP contribution in [-0.2, 0) is 0 Å². The highest BCUT2D eigenvalue weighted by atomic mass is 16.2. The highest BCUT2D eigenvalue weighted by molar-refractivity contribution is 5.96. The lowest BCUT2D eigenvalue weighted by molar-refractivity contribution is 0.0995. The Bertz CT molecular complexity index is 1260. The fourth-order valence-corrected chi connectivity index (χ4v) is 7.81. The van der Waals surface area contributed by atoms with Gasteiger partial charge in [-0.3, -0.25) is 4.79 Å². The van der Waals surface area contributed by atoms with Crippen LogP contribution in [0.1, 0.15) is 73.3 Å². The molecule has 3 atom stereocenters. The summed E-state index contributed by atoms with van der Waals surface area (Å²) in [7, 11) is 0. The maximum atomic E-state index is 13.4. The molecule has 11 nitrogen and oxygen atoms in total. The molecular weight excluding hydrogens is 506 g/mol. The first-order chi connectivity index (χ1) is 19.5. The fourth-order valence-electron chi connectivity index (χ4n) is 7.81. The van der Waals surface area contributed by atoms with E-state index in [0.29, 0.717) is 29.6 Å². The summed E-state index contributed by atoms with van der Waals surface area (Å²) >= 11 is 0. The average Bonchev–Trinajstić information content (AvgIpc) is 3.78. The Kier molecular flexibility index (Phi) is 6.69. The number of primary amides is 1. The predicted molar refractivity (Wildman–Crippen MR) is 152 cm³/mol. The van der Waals surface area contributed by atoms with E-state index in [1.807, 2.05) is 12.1 Å². The van der Waals surface area contributed by atoms with E-state index in [-0.39, 0.29) is 23.8 Å². The molecule has 2 bridgehead atoms. The van der Waals surface area contributed by atoms with Crippen molar-refractivity contribution in [2.45, 2.75) is 75.4 Å². The molecule has 3 aliphatic heterocycles.